The van der Waals surface area contributed by atoms with Crippen LogP contribution in [-0.4, -0.2) is 15.0 Å². The molecule has 0 aliphatic carbocycles. The Morgan fingerprint density at radius 1 is 0.793 bits per heavy atom. The average Bonchev–Trinajstić information content (AvgIpc) is 2.78. The molecule has 2 heterocycles. The molecule has 0 saturated heterocycles. The number of pyridine rings is 1. The molecule has 0 saturated carbocycles. The van der Waals surface area contributed by atoms with Crippen LogP contribution < -0.4 is 10.6 Å². The Morgan fingerprint density at radius 2 is 1.62 bits per heavy atom. The lowest BCUT2D eigenvalue weighted by Gasteiger charge is -2.12. The van der Waals surface area contributed by atoms with Crippen LogP contribution >= 0.6 is 0 Å². The van der Waals surface area contributed by atoms with Crippen LogP contribution in [0.1, 0.15) is 11.1 Å². The Hall–Kier alpha value is -3.80. The van der Waals surface area contributed by atoms with E-state index in [9.17, 15) is 4.39 Å². The van der Waals surface area contributed by atoms with Crippen LogP contribution in [0.5, 0.6) is 0 Å². The highest BCUT2D eigenvalue weighted by atomic mass is 19.1. The largest absolute Gasteiger partial charge is 0.366 e. The summed E-state index contributed by atoms with van der Waals surface area (Å²) in [6.07, 6.45) is 3.53. The predicted octanol–water partition coefficient (Wildman–Crippen LogP) is 4.90. The lowest BCUT2D eigenvalue weighted by atomic mass is 10.1. The van der Waals surface area contributed by atoms with Crippen LogP contribution in [0.15, 0.2) is 85.2 Å². The molecule has 5 nitrogen and oxygen atoms in total. The second-order valence-electron chi connectivity index (χ2n) is 6.49. The van der Waals surface area contributed by atoms with Gasteiger partial charge in [0.15, 0.2) is 0 Å². The highest BCUT2D eigenvalue weighted by Crippen LogP contribution is 2.22. The van der Waals surface area contributed by atoms with Gasteiger partial charge in [-0.2, -0.15) is 4.98 Å². The molecular weight excluding hydrogens is 365 g/mol. The van der Waals surface area contributed by atoms with Crippen molar-refractivity contribution in [3.63, 3.8) is 0 Å². The zero-order chi connectivity index (χ0) is 19.9. The van der Waals surface area contributed by atoms with Gasteiger partial charge in [0.1, 0.15) is 11.6 Å². The minimum absolute atomic E-state index is 0.243. The molecule has 29 heavy (non-hydrogen) atoms. The van der Waals surface area contributed by atoms with Crippen molar-refractivity contribution >= 4 is 11.8 Å². The summed E-state index contributed by atoms with van der Waals surface area (Å²) < 4.78 is 13.9. The lowest BCUT2D eigenvalue weighted by Crippen LogP contribution is -2.08. The third kappa shape index (κ3) is 4.93. The number of aromatic nitrogens is 3. The molecule has 0 fully saturated rings. The summed E-state index contributed by atoms with van der Waals surface area (Å²) in [5, 5.41) is 6.45. The highest BCUT2D eigenvalue weighted by Gasteiger charge is 2.08. The second kappa shape index (κ2) is 8.93. The first kappa shape index (κ1) is 18.6. The van der Waals surface area contributed by atoms with Crippen LogP contribution in [0.25, 0.3) is 11.3 Å². The van der Waals surface area contributed by atoms with Gasteiger partial charge < -0.3 is 10.6 Å². The maximum atomic E-state index is 13.9. The summed E-state index contributed by atoms with van der Waals surface area (Å²) in [5.74, 6) is 0.870. The SMILES string of the molecule is Fc1ccccc1CNc1cc(-c2ccccc2)nc(NCc2cccnc2)n1. The van der Waals surface area contributed by atoms with Crippen molar-refractivity contribution in [1.29, 1.82) is 0 Å². The van der Waals surface area contributed by atoms with Crippen molar-refractivity contribution in [2.45, 2.75) is 13.1 Å². The number of nitrogens with zero attached hydrogens (tertiary/aromatic N) is 3. The Kier molecular flexibility index (Phi) is 5.71. The molecule has 2 N–H and O–H groups in total. The van der Waals surface area contributed by atoms with E-state index in [1.54, 1.807) is 24.5 Å². The van der Waals surface area contributed by atoms with Gasteiger partial charge in [-0.05, 0) is 17.7 Å². The van der Waals surface area contributed by atoms with E-state index < -0.39 is 0 Å². The molecule has 0 radical (unpaired) electrons. The summed E-state index contributed by atoms with van der Waals surface area (Å²) in [6, 6.07) is 22.3. The lowest BCUT2D eigenvalue weighted by molar-refractivity contribution is 0.613. The van der Waals surface area contributed by atoms with Gasteiger partial charge in [0.25, 0.3) is 0 Å². The Balaban J connectivity index is 1.58. The molecular formula is C23H20FN5. The summed E-state index contributed by atoms with van der Waals surface area (Å²) in [5.41, 5.74) is 3.37. The predicted molar refractivity (Wildman–Crippen MR) is 113 cm³/mol. The van der Waals surface area contributed by atoms with E-state index in [0.717, 1.165) is 16.8 Å². The minimum Gasteiger partial charge on any atom is -0.366 e. The van der Waals surface area contributed by atoms with Gasteiger partial charge >= 0.3 is 0 Å². The normalized spacial score (nSPS) is 10.5. The number of rotatable bonds is 7. The molecule has 0 unspecified atom stereocenters. The van der Waals surface area contributed by atoms with Crippen molar-refractivity contribution in [2.75, 3.05) is 10.6 Å². The molecule has 2 aromatic heterocycles. The number of nitrogens with one attached hydrogen (secondary N) is 2. The maximum absolute atomic E-state index is 13.9. The van der Waals surface area contributed by atoms with Crippen molar-refractivity contribution < 1.29 is 4.39 Å². The van der Waals surface area contributed by atoms with Gasteiger partial charge in [-0.3, -0.25) is 4.98 Å². The van der Waals surface area contributed by atoms with Gasteiger partial charge in [-0.1, -0.05) is 54.6 Å². The molecule has 4 aromatic rings. The third-order valence-electron chi connectivity index (χ3n) is 4.39. The number of hydrogen-bond acceptors (Lipinski definition) is 5. The smallest absolute Gasteiger partial charge is 0.225 e. The van der Waals surface area contributed by atoms with E-state index in [1.165, 1.54) is 6.07 Å². The van der Waals surface area contributed by atoms with Crippen LogP contribution in [0.2, 0.25) is 0 Å². The summed E-state index contributed by atoms with van der Waals surface area (Å²) in [6.45, 7) is 0.888. The summed E-state index contributed by atoms with van der Waals surface area (Å²) in [4.78, 5) is 13.3. The van der Waals surface area contributed by atoms with Crippen LogP contribution in [-0.2, 0) is 13.1 Å². The quantitative estimate of drug-likeness (QED) is 0.474. The first-order chi connectivity index (χ1) is 14.3. The Morgan fingerprint density at radius 3 is 2.41 bits per heavy atom. The van der Waals surface area contributed by atoms with E-state index in [4.69, 9.17) is 0 Å². The Bertz CT molecular complexity index is 1070. The fourth-order valence-electron chi connectivity index (χ4n) is 2.89. The van der Waals surface area contributed by atoms with Crippen molar-refractivity contribution in [2.24, 2.45) is 0 Å². The van der Waals surface area contributed by atoms with Crippen LogP contribution in [0.4, 0.5) is 16.2 Å². The number of halogens is 1. The second-order valence-corrected chi connectivity index (χ2v) is 6.49. The molecule has 0 aliphatic rings. The van der Waals surface area contributed by atoms with E-state index in [2.05, 4.69) is 25.6 Å². The van der Waals surface area contributed by atoms with Gasteiger partial charge in [-0.25, -0.2) is 9.37 Å². The fourth-order valence-corrected chi connectivity index (χ4v) is 2.89. The fraction of sp³-hybridized carbons (Fsp3) is 0.0870. The number of hydrogen-bond donors (Lipinski definition) is 2. The molecule has 0 amide bonds. The summed E-state index contributed by atoms with van der Waals surface area (Å²) >= 11 is 0. The highest BCUT2D eigenvalue weighted by molar-refractivity contribution is 5.64. The molecule has 0 spiro atoms. The van der Waals surface area contributed by atoms with Crippen molar-refractivity contribution in [1.82, 2.24) is 15.0 Å². The minimum atomic E-state index is -0.243. The van der Waals surface area contributed by atoms with E-state index in [-0.39, 0.29) is 5.82 Å². The first-order valence-corrected chi connectivity index (χ1v) is 9.32. The van der Waals surface area contributed by atoms with E-state index in [1.807, 2.05) is 54.6 Å². The van der Waals surface area contributed by atoms with Crippen molar-refractivity contribution in [3.8, 4) is 11.3 Å². The van der Waals surface area contributed by atoms with Gasteiger partial charge in [-0.15, -0.1) is 0 Å². The van der Waals surface area contributed by atoms with Crippen LogP contribution in [0.3, 0.4) is 0 Å². The topological polar surface area (TPSA) is 62.7 Å². The molecule has 6 heteroatoms. The zero-order valence-corrected chi connectivity index (χ0v) is 15.7. The zero-order valence-electron chi connectivity index (χ0n) is 15.7. The van der Waals surface area contributed by atoms with Crippen molar-refractivity contribution in [3.05, 3.63) is 102 Å². The average molecular weight is 385 g/mol. The van der Waals surface area contributed by atoms with E-state index in [0.29, 0.717) is 30.4 Å². The third-order valence-corrected chi connectivity index (χ3v) is 4.39. The first-order valence-electron chi connectivity index (χ1n) is 9.32. The molecule has 2 aromatic carbocycles. The summed E-state index contributed by atoms with van der Waals surface area (Å²) in [7, 11) is 0. The maximum Gasteiger partial charge on any atom is 0.225 e. The Labute approximate surface area is 168 Å². The standard InChI is InChI=1S/C23H20FN5/c24-20-11-5-4-10-19(20)16-26-22-13-21(18-8-2-1-3-9-18)28-23(29-22)27-15-17-7-6-12-25-14-17/h1-14H,15-16H2,(H2,26,27,28,29). The molecule has 0 aliphatic heterocycles. The molecule has 4 rings (SSSR count). The molecule has 144 valence electrons. The van der Waals surface area contributed by atoms with E-state index >= 15 is 0 Å². The van der Waals surface area contributed by atoms with Gasteiger partial charge in [0.2, 0.25) is 5.95 Å². The van der Waals surface area contributed by atoms with Gasteiger partial charge in [0, 0.05) is 42.7 Å². The monoisotopic (exact) mass is 385 g/mol. The molecule has 0 atom stereocenters. The number of anilines is 2. The van der Waals surface area contributed by atoms with Gasteiger partial charge in [0.05, 0.1) is 5.69 Å². The van der Waals surface area contributed by atoms with Crippen LogP contribution in [0, 0.1) is 5.82 Å². The number of benzene rings is 2. The molecule has 0 bridgehead atoms.